The summed E-state index contributed by atoms with van der Waals surface area (Å²) in [5.41, 5.74) is 4.71. The Labute approximate surface area is 170 Å². The third kappa shape index (κ3) is 4.31. The second-order valence-electron chi connectivity index (χ2n) is 6.95. The third-order valence-electron chi connectivity index (χ3n) is 4.53. The fourth-order valence-electron chi connectivity index (χ4n) is 2.86. The number of fused-ring (bicyclic) bond motifs is 1. The number of aryl methyl sites for hydroxylation is 4. The van der Waals surface area contributed by atoms with E-state index in [0.717, 1.165) is 27.5 Å². The number of amides is 1. The Hall–Kier alpha value is -1.96. The molecule has 27 heavy (non-hydrogen) atoms. The highest BCUT2D eigenvalue weighted by atomic mass is 35.5. The first kappa shape index (κ1) is 21.3. The van der Waals surface area contributed by atoms with Crippen molar-refractivity contribution in [3.05, 3.63) is 40.7 Å². The highest BCUT2D eigenvalue weighted by Crippen LogP contribution is 2.32. The topological polar surface area (TPSA) is 54.3 Å². The number of hydrogen-bond donors (Lipinski definition) is 0. The van der Waals surface area contributed by atoms with Gasteiger partial charge >= 0.3 is 0 Å². The first-order chi connectivity index (χ1) is 12.3. The molecule has 1 amide bonds. The maximum atomic E-state index is 13.2. The molecule has 0 radical (unpaired) electrons. The molecular formula is C19H26ClN5OS. The fraction of sp³-hybridized carbons (Fsp3) is 0.421. The van der Waals surface area contributed by atoms with E-state index in [1.54, 1.807) is 20.9 Å². The zero-order valence-corrected chi connectivity index (χ0v) is 18.2. The van der Waals surface area contributed by atoms with Crippen molar-refractivity contribution in [3.63, 3.8) is 0 Å². The van der Waals surface area contributed by atoms with Crippen molar-refractivity contribution < 1.29 is 4.79 Å². The molecule has 0 bridgehead atoms. The van der Waals surface area contributed by atoms with Crippen LogP contribution < -0.4 is 4.90 Å². The van der Waals surface area contributed by atoms with E-state index in [-0.39, 0.29) is 18.3 Å². The molecule has 1 aromatic carbocycles. The molecule has 0 fully saturated rings. The fourth-order valence-corrected chi connectivity index (χ4v) is 3.91. The minimum atomic E-state index is -0.0987. The normalized spacial score (nSPS) is 11.1. The van der Waals surface area contributed by atoms with Crippen LogP contribution in [-0.4, -0.2) is 52.8 Å². The van der Waals surface area contributed by atoms with Gasteiger partial charge in [-0.05, 0) is 52.1 Å². The molecule has 146 valence electrons. The van der Waals surface area contributed by atoms with Crippen LogP contribution >= 0.6 is 23.7 Å². The van der Waals surface area contributed by atoms with Gasteiger partial charge in [-0.15, -0.1) is 12.4 Å². The Bertz CT molecular complexity index is 963. The number of anilines is 1. The van der Waals surface area contributed by atoms with Crippen molar-refractivity contribution in [2.45, 2.75) is 20.8 Å². The van der Waals surface area contributed by atoms with E-state index < -0.39 is 0 Å². The minimum Gasteiger partial charge on any atom is -0.308 e. The van der Waals surface area contributed by atoms with Crippen LogP contribution in [0.3, 0.4) is 0 Å². The van der Waals surface area contributed by atoms with Crippen LogP contribution in [0.25, 0.3) is 10.2 Å². The molecule has 2 aromatic heterocycles. The van der Waals surface area contributed by atoms with Gasteiger partial charge in [0.2, 0.25) is 0 Å². The highest BCUT2D eigenvalue weighted by Gasteiger charge is 2.25. The zero-order valence-electron chi connectivity index (χ0n) is 16.6. The number of halogens is 1. The van der Waals surface area contributed by atoms with E-state index in [0.29, 0.717) is 12.2 Å². The molecule has 6 nitrogen and oxygen atoms in total. The standard InChI is InChI=1S/C19H25N5OS.ClH/c1-12-7-8-15-17(14(12)3)20-19(26-15)24(10-9-22(4)5)18(25)16-13(2)11-23(6)21-16;/h7-8,11H,9-10H2,1-6H3;1H. The van der Waals surface area contributed by atoms with Crippen molar-refractivity contribution >= 4 is 45.0 Å². The van der Waals surface area contributed by atoms with Crippen LogP contribution in [0.4, 0.5) is 5.13 Å². The Morgan fingerprint density at radius 1 is 1.15 bits per heavy atom. The molecule has 3 aromatic rings. The molecule has 0 saturated heterocycles. The Morgan fingerprint density at radius 2 is 1.85 bits per heavy atom. The molecule has 0 saturated carbocycles. The second-order valence-corrected chi connectivity index (χ2v) is 7.95. The molecule has 0 aliphatic heterocycles. The lowest BCUT2D eigenvalue weighted by molar-refractivity contribution is 0.0979. The van der Waals surface area contributed by atoms with E-state index in [1.807, 2.05) is 34.3 Å². The summed E-state index contributed by atoms with van der Waals surface area (Å²) in [6.07, 6.45) is 1.86. The number of carbonyl (C=O) groups is 1. The predicted octanol–water partition coefficient (Wildman–Crippen LogP) is 3.59. The highest BCUT2D eigenvalue weighted by molar-refractivity contribution is 7.22. The van der Waals surface area contributed by atoms with Crippen LogP contribution in [0, 0.1) is 20.8 Å². The lowest BCUT2D eigenvalue weighted by Gasteiger charge is -2.21. The summed E-state index contributed by atoms with van der Waals surface area (Å²) in [6, 6.07) is 4.19. The van der Waals surface area contributed by atoms with Crippen LogP contribution in [0.5, 0.6) is 0 Å². The Morgan fingerprint density at radius 3 is 2.44 bits per heavy atom. The van der Waals surface area contributed by atoms with Gasteiger partial charge < -0.3 is 4.90 Å². The first-order valence-corrected chi connectivity index (χ1v) is 9.43. The molecule has 0 N–H and O–H groups in total. The molecule has 0 aliphatic carbocycles. The maximum absolute atomic E-state index is 13.2. The summed E-state index contributed by atoms with van der Waals surface area (Å²) < 4.78 is 2.78. The molecule has 0 atom stereocenters. The molecule has 3 rings (SSSR count). The second kappa shape index (κ2) is 8.37. The number of nitrogens with zero attached hydrogens (tertiary/aromatic N) is 5. The molecule has 8 heteroatoms. The average Bonchev–Trinajstić information content (AvgIpc) is 3.14. The van der Waals surface area contributed by atoms with Gasteiger partial charge in [0.05, 0.1) is 10.2 Å². The summed E-state index contributed by atoms with van der Waals surface area (Å²) in [5.74, 6) is -0.0987. The summed E-state index contributed by atoms with van der Waals surface area (Å²) in [6.45, 7) is 7.40. The van der Waals surface area contributed by atoms with Crippen LogP contribution in [0.15, 0.2) is 18.3 Å². The van der Waals surface area contributed by atoms with Gasteiger partial charge in [-0.25, -0.2) is 4.98 Å². The Kier molecular flexibility index (Phi) is 6.62. The van der Waals surface area contributed by atoms with E-state index in [4.69, 9.17) is 4.98 Å². The van der Waals surface area contributed by atoms with E-state index >= 15 is 0 Å². The van der Waals surface area contributed by atoms with E-state index in [1.165, 1.54) is 11.1 Å². The smallest absolute Gasteiger partial charge is 0.280 e. The molecule has 0 unspecified atom stereocenters. The zero-order chi connectivity index (χ0) is 19.0. The number of hydrogen-bond acceptors (Lipinski definition) is 5. The minimum absolute atomic E-state index is 0. The van der Waals surface area contributed by atoms with Crippen molar-refractivity contribution in [2.75, 3.05) is 32.1 Å². The van der Waals surface area contributed by atoms with Gasteiger partial charge in [0.25, 0.3) is 5.91 Å². The Balaban J connectivity index is 0.00000261. The number of thiazole rings is 1. The first-order valence-electron chi connectivity index (χ1n) is 8.61. The van der Waals surface area contributed by atoms with Crippen molar-refractivity contribution in [2.24, 2.45) is 7.05 Å². The molecule has 0 spiro atoms. The van der Waals surface area contributed by atoms with Crippen LogP contribution in [0.1, 0.15) is 27.2 Å². The largest absolute Gasteiger partial charge is 0.308 e. The number of benzene rings is 1. The van der Waals surface area contributed by atoms with Gasteiger partial charge in [0.1, 0.15) is 0 Å². The molecular weight excluding hydrogens is 382 g/mol. The number of carbonyl (C=O) groups excluding carboxylic acids is 1. The van der Waals surface area contributed by atoms with Gasteiger partial charge in [-0.2, -0.15) is 5.10 Å². The van der Waals surface area contributed by atoms with Crippen LogP contribution in [-0.2, 0) is 7.05 Å². The van der Waals surface area contributed by atoms with E-state index in [2.05, 4.69) is 36.0 Å². The lowest BCUT2D eigenvalue weighted by atomic mass is 10.1. The van der Waals surface area contributed by atoms with Gasteiger partial charge in [-0.3, -0.25) is 14.4 Å². The van der Waals surface area contributed by atoms with Gasteiger partial charge in [0, 0.05) is 31.9 Å². The molecule has 2 heterocycles. The quantitative estimate of drug-likeness (QED) is 0.648. The summed E-state index contributed by atoms with van der Waals surface area (Å²) in [4.78, 5) is 21.8. The third-order valence-corrected chi connectivity index (χ3v) is 5.58. The number of likely N-dealkylation sites (N-methyl/N-ethyl adjacent to an activating group) is 1. The SMILES string of the molecule is Cc1cn(C)nc1C(=O)N(CCN(C)C)c1nc2c(C)c(C)ccc2s1.Cl. The lowest BCUT2D eigenvalue weighted by Crippen LogP contribution is -2.37. The van der Waals surface area contributed by atoms with Crippen molar-refractivity contribution in [1.82, 2.24) is 19.7 Å². The predicted molar refractivity (Wildman–Crippen MR) is 115 cm³/mol. The van der Waals surface area contributed by atoms with Crippen molar-refractivity contribution in [3.8, 4) is 0 Å². The van der Waals surface area contributed by atoms with Gasteiger partial charge in [-0.1, -0.05) is 17.4 Å². The number of rotatable bonds is 5. The summed E-state index contributed by atoms with van der Waals surface area (Å²) in [5, 5.41) is 5.09. The summed E-state index contributed by atoms with van der Waals surface area (Å²) in [7, 11) is 5.83. The van der Waals surface area contributed by atoms with Crippen LogP contribution in [0.2, 0.25) is 0 Å². The van der Waals surface area contributed by atoms with Gasteiger partial charge in [0.15, 0.2) is 10.8 Å². The molecule has 0 aliphatic rings. The monoisotopic (exact) mass is 407 g/mol. The summed E-state index contributed by atoms with van der Waals surface area (Å²) >= 11 is 1.56. The van der Waals surface area contributed by atoms with E-state index in [9.17, 15) is 4.79 Å². The van der Waals surface area contributed by atoms with Crippen molar-refractivity contribution in [1.29, 1.82) is 0 Å². The maximum Gasteiger partial charge on any atom is 0.280 e. The number of aromatic nitrogens is 3. The average molecular weight is 408 g/mol.